The molecule has 0 aliphatic heterocycles. The summed E-state index contributed by atoms with van der Waals surface area (Å²) in [6.45, 7) is 0.699. The highest BCUT2D eigenvalue weighted by Gasteiger charge is 2.15. The van der Waals surface area contributed by atoms with Crippen LogP contribution in [0.1, 0.15) is 12.0 Å². The van der Waals surface area contributed by atoms with E-state index in [4.69, 9.17) is 10.5 Å². The third-order valence-corrected chi connectivity index (χ3v) is 3.82. The second-order valence-corrected chi connectivity index (χ2v) is 5.47. The summed E-state index contributed by atoms with van der Waals surface area (Å²) in [5.74, 6) is -0.504. The molecule has 0 saturated carbocycles. The molecule has 102 valence electrons. The Morgan fingerprint density at radius 2 is 2.17 bits per heavy atom. The number of halogens is 1. The smallest absolute Gasteiger partial charge is 0.240 e. The molecule has 1 rings (SSSR count). The highest BCUT2D eigenvalue weighted by atomic mass is 32.2. The number of rotatable bonds is 7. The predicted molar refractivity (Wildman–Crippen MR) is 66.0 cm³/mol. The lowest BCUT2D eigenvalue weighted by Gasteiger charge is -2.08. The first-order valence-corrected chi connectivity index (χ1v) is 6.96. The fourth-order valence-corrected chi connectivity index (χ4v) is 2.51. The molecule has 5 nitrogen and oxygen atoms in total. The van der Waals surface area contributed by atoms with Crippen LogP contribution >= 0.6 is 0 Å². The van der Waals surface area contributed by atoms with Crippen molar-refractivity contribution in [2.75, 3.05) is 20.3 Å². The number of ether oxygens (including phenoxy) is 1. The van der Waals surface area contributed by atoms with Gasteiger partial charge in [-0.1, -0.05) is 0 Å². The molecule has 0 aromatic heterocycles. The zero-order valence-corrected chi connectivity index (χ0v) is 11.0. The minimum Gasteiger partial charge on any atom is -0.385 e. The van der Waals surface area contributed by atoms with Gasteiger partial charge >= 0.3 is 0 Å². The average molecular weight is 276 g/mol. The lowest BCUT2D eigenvalue weighted by atomic mass is 10.2. The van der Waals surface area contributed by atoms with Crippen molar-refractivity contribution >= 4 is 10.0 Å². The number of hydrogen-bond acceptors (Lipinski definition) is 4. The van der Waals surface area contributed by atoms with Gasteiger partial charge < -0.3 is 10.5 Å². The maximum Gasteiger partial charge on any atom is 0.240 e. The summed E-state index contributed by atoms with van der Waals surface area (Å²) in [6, 6.07) is 3.56. The van der Waals surface area contributed by atoms with Crippen LogP contribution in [0.25, 0.3) is 0 Å². The SMILES string of the molecule is COCCCNS(=O)(=O)c1ccc(F)c(CN)c1. The summed E-state index contributed by atoms with van der Waals surface area (Å²) in [7, 11) is -2.07. The molecule has 0 aliphatic rings. The number of benzene rings is 1. The molecule has 0 amide bonds. The standard InChI is InChI=1S/C11H17FN2O3S/c1-17-6-2-5-14-18(15,16)10-3-4-11(12)9(7-10)8-13/h3-4,7,14H,2,5-6,8,13H2,1H3. The Morgan fingerprint density at radius 3 is 2.78 bits per heavy atom. The van der Waals surface area contributed by atoms with Crippen LogP contribution in [0.2, 0.25) is 0 Å². The Bertz CT molecular complexity index is 491. The fourth-order valence-electron chi connectivity index (χ4n) is 1.38. The third-order valence-electron chi connectivity index (χ3n) is 2.36. The van der Waals surface area contributed by atoms with Crippen molar-refractivity contribution in [1.82, 2.24) is 4.72 Å². The van der Waals surface area contributed by atoms with Gasteiger partial charge in [0, 0.05) is 32.4 Å². The normalized spacial score (nSPS) is 11.7. The Morgan fingerprint density at radius 1 is 1.44 bits per heavy atom. The van der Waals surface area contributed by atoms with E-state index in [9.17, 15) is 12.8 Å². The van der Waals surface area contributed by atoms with Crippen molar-refractivity contribution in [3.8, 4) is 0 Å². The predicted octanol–water partition coefficient (Wildman–Crippen LogP) is 0.599. The summed E-state index contributed by atoms with van der Waals surface area (Å²) in [4.78, 5) is 0.0155. The Labute approximate surface area is 106 Å². The molecule has 0 bridgehead atoms. The van der Waals surface area contributed by atoms with Gasteiger partial charge in [-0.3, -0.25) is 0 Å². The number of sulfonamides is 1. The van der Waals surface area contributed by atoms with Gasteiger partial charge in [0.05, 0.1) is 4.90 Å². The lowest BCUT2D eigenvalue weighted by molar-refractivity contribution is 0.196. The maximum atomic E-state index is 13.2. The van der Waals surface area contributed by atoms with Gasteiger partial charge in [-0.25, -0.2) is 17.5 Å². The molecule has 0 radical (unpaired) electrons. The van der Waals surface area contributed by atoms with E-state index in [0.717, 1.165) is 6.07 Å². The van der Waals surface area contributed by atoms with Crippen LogP contribution in [-0.2, 0) is 21.3 Å². The molecular weight excluding hydrogens is 259 g/mol. The average Bonchev–Trinajstić information content (AvgIpc) is 2.35. The molecule has 0 fully saturated rings. The van der Waals surface area contributed by atoms with Gasteiger partial charge in [-0.05, 0) is 24.6 Å². The monoisotopic (exact) mass is 276 g/mol. The maximum absolute atomic E-state index is 13.2. The summed E-state index contributed by atoms with van der Waals surface area (Å²) >= 11 is 0. The lowest BCUT2D eigenvalue weighted by Crippen LogP contribution is -2.25. The molecule has 0 saturated heterocycles. The third kappa shape index (κ3) is 4.02. The van der Waals surface area contributed by atoms with Crippen molar-refractivity contribution in [3.05, 3.63) is 29.6 Å². The Hall–Kier alpha value is -1.02. The van der Waals surface area contributed by atoms with Crippen LogP contribution in [-0.4, -0.2) is 28.7 Å². The number of hydrogen-bond donors (Lipinski definition) is 2. The molecule has 7 heteroatoms. The first-order valence-electron chi connectivity index (χ1n) is 5.48. The van der Waals surface area contributed by atoms with Gasteiger partial charge in [0.2, 0.25) is 10.0 Å². The van der Waals surface area contributed by atoms with E-state index >= 15 is 0 Å². The number of nitrogens with two attached hydrogens (primary N) is 1. The van der Waals surface area contributed by atoms with Crippen LogP contribution in [0.4, 0.5) is 4.39 Å². The van der Waals surface area contributed by atoms with E-state index in [1.807, 2.05) is 0 Å². The molecule has 0 heterocycles. The van der Waals surface area contributed by atoms with Crippen molar-refractivity contribution in [1.29, 1.82) is 0 Å². The van der Waals surface area contributed by atoms with Gasteiger partial charge in [-0.2, -0.15) is 0 Å². The Kier molecular flexibility index (Phi) is 5.67. The Balaban J connectivity index is 2.78. The molecule has 0 unspecified atom stereocenters. The van der Waals surface area contributed by atoms with Gasteiger partial charge in [0.15, 0.2) is 0 Å². The van der Waals surface area contributed by atoms with E-state index in [-0.39, 0.29) is 23.5 Å². The van der Waals surface area contributed by atoms with E-state index in [2.05, 4.69) is 4.72 Å². The minimum absolute atomic E-state index is 0.0155. The van der Waals surface area contributed by atoms with Crippen molar-refractivity contribution in [2.24, 2.45) is 5.73 Å². The van der Waals surface area contributed by atoms with E-state index in [1.54, 1.807) is 7.11 Å². The van der Waals surface area contributed by atoms with E-state index in [0.29, 0.717) is 13.0 Å². The second-order valence-electron chi connectivity index (χ2n) is 3.70. The highest BCUT2D eigenvalue weighted by Crippen LogP contribution is 2.14. The second kappa shape index (κ2) is 6.79. The van der Waals surface area contributed by atoms with E-state index < -0.39 is 15.8 Å². The number of methoxy groups -OCH3 is 1. The summed E-state index contributed by atoms with van der Waals surface area (Å²) in [6.07, 6.45) is 0.570. The molecule has 1 aromatic carbocycles. The zero-order valence-electron chi connectivity index (χ0n) is 10.1. The highest BCUT2D eigenvalue weighted by molar-refractivity contribution is 7.89. The molecule has 0 atom stereocenters. The summed E-state index contributed by atoms with van der Waals surface area (Å²) in [5, 5.41) is 0. The zero-order chi connectivity index (χ0) is 13.6. The van der Waals surface area contributed by atoms with Crippen molar-refractivity contribution in [3.63, 3.8) is 0 Å². The van der Waals surface area contributed by atoms with Crippen molar-refractivity contribution < 1.29 is 17.5 Å². The topological polar surface area (TPSA) is 81.4 Å². The minimum atomic E-state index is -3.62. The summed E-state index contributed by atoms with van der Waals surface area (Å²) in [5.41, 5.74) is 5.51. The first kappa shape index (κ1) is 15.0. The molecule has 3 N–H and O–H groups in total. The summed E-state index contributed by atoms with van der Waals surface area (Å²) < 4.78 is 44.1. The van der Waals surface area contributed by atoms with Crippen LogP contribution in [0.3, 0.4) is 0 Å². The van der Waals surface area contributed by atoms with Crippen LogP contribution < -0.4 is 10.5 Å². The van der Waals surface area contributed by atoms with Crippen molar-refractivity contribution in [2.45, 2.75) is 17.9 Å². The van der Waals surface area contributed by atoms with Crippen LogP contribution in [0.15, 0.2) is 23.1 Å². The van der Waals surface area contributed by atoms with Crippen LogP contribution in [0, 0.1) is 5.82 Å². The first-order chi connectivity index (χ1) is 8.51. The van der Waals surface area contributed by atoms with Gasteiger partial charge in [-0.15, -0.1) is 0 Å². The van der Waals surface area contributed by atoms with E-state index in [1.165, 1.54) is 12.1 Å². The van der Waals surface area contributed by atoms with Gasteiger partial charge in [0.25, 0.3) is 0 Å². The van der Waals surface area contributed by atoms with Gasteiger partial charge in [0.1, 0.15) is 5.82 Å². The molecular formula is C11H17FN2O3S. The fraction of sp³-hybridized carbons (Fsp3) is 0.455. The quantitative estimate of drug-likeness (QED) is 0.715. The molecule has 1 aromatic rings. The molecule has 0 spiro atoms. The van der Waals surface area contributed by atoms with Crippen LogP contribution in [0.5, 0.6) is 0 Å². The largest absolute Gasteiger partial charge is 0.385 e. The number of nitrogens with one attached hydrogen (secondary N) is 1. The molecule has 0 aliphatic carbocycles. The molecule has 18 heavy (non-hydrogen) atoms.